The summed E-state index contributed by atoms with van der Waals surface area (Å²) in [6, 6.07) is 21.5. The van der Waals surface area contributed by atoms with Gasteiger partial charge < -0.3 is 14.8 Å². The molecule has 36 heavy (non-hydrogen) atoms. The third kappa shape index (κ3) is 4.57. The van der Waals surface area contributed by atoms with Crippen LogP contribution in [0.3, 0.4) is 0 Å². The lowest BCUT2D eigenvalue weighted by Crippen LogP contribution is -2.48. The molecule has 0 saturated carbocycles. The Hall–Kier alpha value is -4.46. The number of ketones is 1. The molecule has 0 aliphatic carbocycles. The van der Waals surface area contributed by atoms with Crippen LogP contribution in [0.2, 0.25) is 0 Å². The summed E-state index contributed by atoms with van der Waals surface area (Å²) < 4.78 is 1.17. The van der Waals surface area contributed by atoms with Gasteiger partial charge in [0.25, 0.3) is 11.5 Å². The lowest BCUT2D eigenvalue weighted by Gasteiger charge is -2.36. The van der Waals surface area contributed by atoms with E-state index in [0.717, 1.165) is 11.3 Å². The number of rotatable bonds is 5. The number of carbonyl (C=O) groups is 2. The maximum absolute atomic E-state index is 13.0. The highest BCUT2D eigenvalue weighted by Gasteiger charge is 2.22. The zero-order chi connectivity index (χ0) is 25.2. The molecule has 1 aromatic heterocycles. The molecule has 0 bridgehead atoms. The number of piperazine rings is 1. The standard InChI is InChI=1S/C28H26N4O4/c1-19(33)21-10-12-23(13-11-21)30-14-16-31(17-15-30)26(34)22-8-6-20(7-9-22)18-32-27(35)24-4-2-3-5-25(24)29-28(32)36/h2-13H,14-18H2,1H3,(H,29,36). The molecule has 0 spiro atoms. The topological polar surface area (TPSA) is 95.5 Å². The summed E-state index contributed by atoms with van der Waals surface area (Å²) in [6.45, 7) is 4.27. The average molecular weight is 483 g/mol. The number of nitrogens with one attached hydrogen (secondary N) is 1. The van der Waals surface area contributed by atoms with E-state index in [0.29, 0.717) is 48.2 Å². The predicted molar refractivity (Wildman–Crippen MR) is 139 cm³/mol. The van der Waals surface area contributed by atoms with Crippen molar-refractivity contribution in [1.82, 2.24) is 14.5 Å². The van der Waals surface area contributed by atoms with Crippen molar-refractivity contribution < 1.29 is 9.59 Å². The van der Waals surface area contributed by atoms with Gasteiger partial charge in [0.05, 0.1) is 17.4 Å². The molecule has 5 rings (SSSR count). The lowest BCUT2D eigenvalue weighted by molar-refractivity contribution is 0.0746. The summed E-state index contributed by atoms with van der Waals surface area (Å²) in [6.07, 6.45) is 0. The number of aromatic nitrogens is 2. The minimum absolute atomic E-state index is 0.0408. The number of carbonyl (C=O) groups excluding carboxylic acids is 2. The Morgan fingerprint density at radius 3 is 2.11 bits per heavy atom. The second-order valence-corrected chi connectivity index (χ2v) is 8.95. The molecule has 3 aromatic carbocycles. The van der Waals surface area contributed by atoms with Crippen LogP contribution in [-0.4, -0.2) is 52.3 Å². The van der Waals surface area contributed by atoms with Crippen molar-refractivity contribution in [3.05, 3.63) is 110 Å². The number of hydrogen-bond donors (Lipinski definition) is 1. The van der Waals surface area contributed by atoms with E-state index in [1.165, 1.54) is 4.57 Å². The summed E-state index contributed by atoms with van der Waals surface area (Å²) in [7, 11) is 0. The Kier molecular flexibility index (Phi) is 6.25. The van der Waals surface area contributed by atoms with Gasteiger partial charge in [-0.05, 0) is 61.0 Å². The quantitative estimate of drug-likeness (QED) is 0.442. The van der Waals surface area contributed by atoms with Gasteiger partial charge in [0, 0.05) is 43.0 Å². The van der Waals surface area contributed by atoms with Crippen molar-refractivity contribution in [1.29, 1.82) is 0 Å². The first-order valence-corrected chi connectivity index (χ1v) is 11.9. The fraction of sp³-hybridized carbons (Fsp3) is 0.214. The van der Waals surface area contributed by atoms with Crippen LogP contribution in [0.5, 0.6) is 0 Å². The molecule has 1 N–H and O–H groups in total. The first-order chi connectivity index (χ1) is 17.4. The van der Waals surface area contributed by atoms with E-state index < -0.39 is 5.69 Å². The van der Waals surface area contributed by atoms with E-state index in [2.05, 4.69) is 9.88 Å². The normalized spacial score (nSPS) is 13.7. The number of nitrogens with zero attached hydrogens (tertiary/aromatic N) is 3. The molecular weight excluding hydrogens is 456 g/mol. The number of aromatic amines is 1. The van der Waals surface area contributed by atoms with E-state index >= 15 is 0 Å². The zero-order valence-electron chi connectivity index (χ0n) is 19.9. The van der Waals surface area contributed by atoms with Crippen LogP contribution in [0.1, 0.15) is 33.2 Å². The van der Waals surface area contributed by atoms with Crippen LogP contribution in [-0.2, 0) is 6.54 Å². The first-order valence-electron chi connectivity index (χ1n) is 11.9. The fourth-order valence-corrected chi connectivity index (χ4v) is 4.54. The Morgan fingerprint density at radius 1 is 0.806 bits per heavy atom. The highest BCUT2D eigenvalue weighted by Crippen LogP contribution is 2.19. The van der Waals surface area contributed by atoms with E-state index in [9.17, 15) is 19.2 Å². The molecule has 1 saturated heterocycles. The molecule has 0 atom stereocenters. The van der Waals surface area contributed by atoms with Gasteiger partial charge in [-0.15, -0.1) is 0 Å². The van der Waals surface area contributed by atoms with Gasteiger partial charge >= 0.3 is 5.69 Å². The lowest BCUT2D eigenvalue weighted by atomic mass is 10.1. The minimum Gasteiger partial charge on any atom is -0.368 e. The predicted octanol–water partition coefficient (Wildman–Crippen LogP) is 2.90. The second kappa shape index (κ2) is 9.65. The van der Waals surface area contributed by atoms with E-state index in [4.69, 9.17) is 0 Å². The average Bonchev–Trinajstić information content (AvgIpc) is 2.91. The molecule has 8 nitrogen and oxygen atoms in total. The summed E-state index contributed by atoms with van der Waals surface area (Å²) in [5, 5.41) is 0.456. The molecular formula is C28H26N4O4. The fourth-order valence-electron chi connectivity index (χ4n) is 4.54. The first kappa shape index (κ1) is 23.3. The van der Waals surface area contributed by atoms with Gasteiger partial charge in [0.1, 0.15) is 0 Å². The van der Waals surface area contributed by atoms with E-state index in [1.54, 1.807) is 55.5 Å². The number of anilines is 1. The second-order valence-electron chi connectivity index (χ2n) is 8.95. The van der Waals surface area contributed by atoms with Crippen LogP contribution in [0.25, 0.3) is 10.9 Å². The molecule has 0 radical (unpaired) electrons. The number of amides is 1. The number of hydrogen-bond acceptors (Lipinski definition) is 5. The highest BCUT2D eigenvalue weighted by molar-refractivity contribution is 5.95. The number of fused-ring (bicyclic) bond motifs is 1. The summed E-state index contributed by atoms with van der Waals surface area (Å²) in [4.78, 5) is 56.5. The van der Waals surface area contributed by atoms with Gasteiger partial charge in [-0.1, -0.05) is 24.3 Å². The third-order valence-corrected chi connectivity index (χ3v) is 6.64. The number of Topliss-reactive ketones (excluding diaryl/α,β-unsaturated/α-hetero) is 1. The number of benzene rings is 3. The molecule has 1 fully saturated rings. The molecule has 182 valence electrons. The zero-order valence-corrected chi connectivity index (χ0v) is 19.9. The maximum Gasteiger partial charge on any atom is 0.329 e. The van der Waals surface area contributed by atoms with Crippen LogP contribution in [0, 0.1) is 0 Å². The van der Waals surface area contributed by atoms with Crippen molar-refractivity contribution in [2.24, 2.45) is 0 Å². The molecule has 0 unspecified atom stereocenters. The molecule has 1 aliphatic heterocycles. The molecule has 4 aromatic rings. The van der Waals surface area contributed by atoms with Crippen molar-refractivity contribution in [3.63, 3.8) is 0 Å². The van der Waals surface area contributed by atoms with Crippen LogP contribution >= 0.6 is 0 Å². The van der Waals surface area contributed by atoms with E-state index in [1.807, 2.05) is 29.2 Å². The van der Waals surface area contributed by atoms with E-state index in [-0.39, 0.29) is 23.8 Å². The smallest absolute Gasteiger partial charge is 0.329 e. The summed E-state index contributed by atoms with van der Waals surface area (Å²) in [5.74, 6) is -0.00652. The van der Waals surface area contributed by atoms with Crippen molar-refractivity contribution in [2.45, 2.75) is 13.5 Å². The van der Waals surface area contributed by atoms with Gasteiger partial charge in [0.2, 0.25) is 0 Å². The molecule has 8 heteroatoms. The Balaban J connectivity index is 1.24. The third-order valence-electron chi connectivity index (χ3n) is 6.64. The molecule has 1 amide bonds. The van der Waals surface area contributed by atoms with Gasteiger partial charge in [-0.3, -0.25) is 19.0 Å². The summed E-state index contributed by atoms with van der Waals surface area (Å²) >= 11 is 0. The monoisotopic (exact) mass is 482 g/mol. The van der Waals surface area contributed by atoms with Gasteiger partial charge in [0.15, 0.2) is 5.78 Å². The largest absolute Gasteiger partial charge is 0.368 e. The SMILES string of the molecule is CC(=O)c1ccc(N2CCN(C(=O)c3ccc(Cn4c(=O)[nH]c5ccccc5c4=O)cc3)CC2)cc1. The van der Waals surface area contributed by atoms with Crippen molar-refractivity contribution in [3.8, 4) is 0 Å². The minimum atomic E-state index is -0.465. The van der Waals surface area contributed by atoms with Crippen LogP contribution in [0.4, 0.5) is 5.69 Å². The van der Waals surface area contributed by atoms with Crippen LogP contribution in [0.15, 0.2) is 82.4 Å². The van der Waals surface area contributed by atoms with Crippen molar-refractivity contribution >= 4 is 28.3 Å². The molecule has 1 aliphatic rings. The molecule has 2 heterocycles. The maximum atomic E-state index is 13.0. The van der Waals surface area contributed by atoms with Gasteiger partial charge in [-0.25, -0.2) is 4.79 Å². The van der Waals surface area contributed by atoms with Crippen LogP contribution < -0.4 is 16.1 Å². The number of H-pyrrole nitrogens is 1. The Labute approximate surface area is 207 Å². The Morgan fingerprint density at radius 2 is 1.44 bits per heavy atom. The van der Waals surface area contributed by atoms with Gasteiger partial charge in [-0.2, -0.15) is 0 Å². The number of para-hydroxylation sites is 1. The van der Waals surface area contributed by atoms with Crippen molar-refractivity contribution in [2.75, 3.05) is 31.1 Å². The summed E-state index contributed by atoms with van der Waals surface area (Å²) in [5.41, 5.74) is 2.75. The Bertz CT molecular complexity index is 1540. The highest BCUT2D eigenvalue weighted by atomic mass is 16.2.